The summed E-state index contributed by atoms with van der Waals surface area (Å²) in [6.45, 7) is -1.20. The lowest BCUT2D eigenvalue weighted by Crippen LogP contribution is -2.33. The molecule has 0 amide bonds. The van der Waals surface area contributed by atoms with Gasteiger partial charge in [0.1, 0.15) is 17.4 Å². The number of nitrogens with zero attached hydrogens (tertiary/aromatic N) is 1. The Hall–Kier alpha value is -1.53. The molecule has 104 valence electrons. The van der Waals surface area contributed by atoms with Gasteiger partial charge in [0.2, 0.25) is 0 Å². The molecule has 3 nitrogen and oxygen atoms in total. The maximum atomic E-state index is 12.2. The van der Waals surface area contributed by atoms with Crippen LogP contribution in [-0.4, -0.2) is 36.3 Å². The van der Waals surface area contributed by atoms with E-state index in [1.165, 1.54) is 7.05 Å². The quantitative estimate of drug-likeness (QED) is 0.930. The zero-order valence-electron chi connectivity index (χ0n) is 10.3. The predicted molar refractivity (Wildman–Crippen MR) is 64.7 cm³/mol. The van der Waals surface area contributed by atoms with Crippen molar-refractivity contribution in [2.24, 2.45) is 0 Å². The van der Waals surface area contributed by atoms with Crippen molar-refractivity contribution >= 4 is 11.0 Å². The highest BCUT2D eigenvalue weighted by atomic mass is 19.4. The van der Waals surface area contributed by atoms with Gasteiger partial charge in [-0.05, 0) is 19.2 Å². The fourth-order valence-electron chi connectivity index (χ4n) is 1.92. The Balaban J connectivity index is 2.05. The second kappa shape index (κ2) is 5.22. The molecule has 6 heteroatoms. The standard InChI is InChI=1S/C13H14F3NO2/c1-17(8-13(14,15)16)7-10(18)12-6-9-4-2-3-5-11(9)19-12/h2-6,10,18H,7-8H2,1H3. The van der Waals surface area contributed by atoms with Gasteiger partial charge >= 0.3 is 6.18 Å². The van der Waals surface area contributed by atoms with Gasteiger partial charge in [0.15, 0.2) is 0 Å². The molecule has 0 aliphatic heterocycles. The molecule has 0 bridgehead atoms. The Morgan fingerprint density at radius 2 is 2.00 bits per heavy atom. The van der Waals surface area contributed by atoms with Gasteiger partial charge in [-0.3, -0.25) is 4.90 Å². The summed E-state index contributed by atoms with van der Waals surface area (Å²) in [4.78, 5) is 1.01. The molecule has 2 aromatic rings. The van der Waals surface area contributed by atoms with Crippen molar-refractivity contribution < 1.29 is 22.7 Å². The van der Waals surface area contributed by atoms with E-state index in [0.717, 1.165) is 10.3 Å². The third kappa shape index (κ3) is 3.71. The number of fused-ring (bicyclic) bond motifs is 1. The van der Waals surface area contributed by atoms with E-state index >= 15 is 0 Å². The number of alkyl halides is 3. The topological polar surface area (TPSA) is 36.6 Å². The van der Waals surface area contributed by atoms with E-state index in [1.54, 1.807) is 18.2 Å². The van der Waals surface area contributed by atoms with Gasteiger partial charge in [0.05, 0.1) is 6.54 Å². The predicted octanol–water partition coefficient (Wildman–Crippen LogP) is 2.96. The molecule has 1 aromatic heterocycles. The van der Waals surface area contributed by atoms with Crippen molar-refractivity contribution in [3.8, 4) is 0 Å². The first-order valence-corrected chi connectivity index (χ1v) is 5.77. The third-order valence-corrected chi connectivity index (χ3v) is 2.71. The van der Waals surface area contributed by atoms with Crippen LogP contribution in [0.2, 0.25) is 0 Å². The number of aliphatic hydroxyl groups excluding tert-OH is 1. The number of likely N-dealkylation sites (N-methyl/N-ethyl adjacent to an activating group) is 1. The van der Waals surface area contributed by atoms with Gasteiger partial charge in [-0.1, -0.05) is 18.2 Å². The van der Waals surface area contributed by atoms with Gasteiger partial charge in [0.25, 0.3) is 0 Å². The number of hydrogen-bond donors (Lipinski definition) is 1. The molecule has 1 aromatic carbocycles. The number of benzene rings is 1. The molecule has 1 atom stereocenters. The van der Waals surface area contributed by atoms with Crippen LogP contribution in [0.25, 0.3) is 11.0 Å². The Morgan fingerprint density at radius 3 is 2.63 bits per heavy atom. The lowest BCUT2D eigenvalue weighted by Gasteiger charge is -2.20. The highest BCUT2D eigenvalue weighted by molar-refractivity contribution is 5.77. The van der Waals surface area contributed by atoms with Crippen LogP contribution in [0.1, 0.15) is 11.9 Å². The average molecular weight is 273 g/mol. The zero-order chi connectivity index (χ0) is 14.0. The second-order valence-electron chi connectivity index (χ2n) is 4.51. The molecule has 0 spiro atoms. The fourth-order valence-corrected chi connectivity index (χ4v) is 1.92. The van der Waals surface area contributed by atoms with E-state index in [2.05, 4.69) is 0 Å². The second-order valence-corrected chi connectivity index (χ2v) is 4.51. The highest BCUT2D eigenvalue weighted by Gasteiger charge is 2.30. The van der Waals surface area contributed by atoms with Gasteiger partial charge < -0.3 is 9.52 Å². The molecule has 1 unspecified atom stereocenters. The van der Waals surface area contributed by atoms with E-state index in [1.807, 2.05) is 12.1 Å². The number of hydrogen-bond acceptors (Lipinski definition) is 3. The molecular formula is C13H14F3NO2. The molecule has 0 saturated heterocycles. The molecule has 0 saturated carbocycles. The van der Waals surface area contributed by atoms with Crippen molar-refractivity contribution in [1.29, 1.82) is 0 Å². The highest BCUT2D eigenvalue weighted by Crippen LogP contribution is 2.25. The lowest BCUT2D eigenvalue weighted by atomic mass is 10.2. The van der Waals surface area contributed by atoms with Crippen LogP contribution in [0.3, 0.4) is 0 Å². The summed E-state index contributed by atoms with van der Waals surface area (Å²) >= 11 is 0. The average Bonchev–Trinajstić information content (AvgIpc) is 2.69. The Labute approximate surface area is 108 Å². The van der Waals surface area contributed by atoms with Crippen molar-refractivity contribution in [3.63, 3.8) is 0 Å². The molecule has 0 radical (unpaired) electrons. The molecule has 19 heavy (non-hydrogen) atoms. The van der Waals surface area contributed by atoms with E-state index in [4.69, 9.17) is 4.42 Å². The Morgan fingerprint density at radius 1 is 1.32 bits per heavy atom. The van der Waals surface area contributed by atoms with Crippen molar-refractivity contribution in [2.75, 3.05) is 20.1 Å². The molecular weight excluding hydrogens is 259 g/mol. The van der Waals surface area contributed by atoms with E-state index < -0.39 is 18.8 Å². The minimum atomic E-state index is -4.28. The third-order valence-electron chi connectivity index (χ3n) is 2.71. The normalized spacial score (nSPS) is 14.2. The van der Waals surface area contributed by atoms with Crippen molar-refractivity contribution in [3.05, 3.63) is 36.1 Å². The van der Waals surface area contributed by atoms with Gasteiger partial charge in [-0.15, -0.1) is 0 Å². The minimum Gasteiger partial charge on any atom is -0.458 e. The van der Waals surface area contributed by atoms with Crippen LogP contribution in [0.5, 0.6) is 0 Å². The summed E-state index contributed by atoms with van der Waals surface area (Å²) in [5.41, 5.74) is 0.607. The molecule has 1 heterocycles. The SMILES string of the molecule is CN(CC(O)c1cc2ccccc2o1)CC(F)(F)F. The van der Waals surface area contributed by atoms with E-state index in [9.17, 15) is 18.3 Å². The van der Waals surface area contributed by atoms with E-state index in [-0.39, 0.29) is 12.3 Å². The Bertz CT molecular complexity index is 517. The van der Waals surface area contributed by atoms with Gasteiger partial charge in [-0.2, -0.15) is 13.2 Å². The maximum Gasteiger partial charge on any atom is 0.401 e. The van der Waals surface area contributed by atoms with Gasteiger partial charge in [-0.25, -0.2) is 0 Å². The summed E-state index contributed by atoms with van der Waals surface area (Å²) < 4.78 is 41.9. The van der Waals surface area contributed by atoms with Crippen LogP contribution in [0.4, 0.5) is 13.2 Å². The van der Waals surface area contributed by atoms with Crippen LogP contribution >= 0.6 is 0 Å². The smallest absolute Gasteiger partial charge is 0.401 e. The molecule has 1 N–H and O–H groups in total. The Kier molecular flexibility index (Phi) is 3.82. The maximum absolute atomic E-state index is 12.2. The number of rotatable bonds is 4. The van der Waals surface area contributed by atoms with Crippen LogP contribution in [-0.2, 0) is 0 Å². The molecule has 0 aliphatic carbocycles. The minimum absolute atomic E-state index is 0.140. The number of halogens is 3. The summed E-state index contributed by atoms with van der Waals surface area (Å²) in [6.07, 6.45) is -5.36. The summed E-state index contributed by atoms with van der Waals surface area (Å²) in [6, 6.07) is 8.81. The summed E-state index contributed by atoms with van der Waals surface area (Å²) in [7, 11) is 1.30. The van der Waals surface area contributed by atoms with Crippen LogP contribution < -0.4 is 0 Å². The molecule has 0 aliphatic rings. The molecule has 2 rings (SSSR count). The van der Waals surface area contributed by atoms with Crippen LogP contribution in [0, 0.1) is 0 Å². The number of furan rings is 1. The van der Waals surface area contributed by atoms with Crippen LogP contribution in [0.15, 0.2) is 34.7 Å². The first kappa shape index (κ1) is 13.9. The van der Waals surface area contributed by atoms with Crippen molar-refractivity contribution in [1.82, 2.24) is 4.90 Å². The van der Waals surface area contributed by atoms with E-state index in [0.29, 0.717) is 5.58 Å². The lowest BCUT2D eigenvalue weighted by molar-refractivity contribution is -0.145. The molecule has 0 fully saturated rings. The largest absolute Gasteiger partial charge is 0.458 e. The summed E-state index contributed by atoms with van der Waals surface area (Å²) in [5, 5.41) is 10.7. The number of aliphatic hydroxyl groups is 1. The number of para-hydroxylation sites is 1. The first-order valence-electron chi connectivity index (χ1n) is 5.77. The van der Waals surface area contributed by atoms with Gasteiger partial charge in [0, 0.05) is 11.9 Å². The summed E-state index contributed by atoms with van der Waals surface area (Å²) in [5.74, 6) is 0.273. The zero-order valence-corrected chi connectivity index (χ0v) is 10.3. The first-order chi connectivity index (χ1) is 8.85. The van der Waals surface area contributed by atoms with Crippen molar-refractivity contribution in [2.45, 2.75) is 12.3 Å². The fraction of sp³-hybridized carbons (Fsp3) is 0.385. The monoisotopic (exact) mass is 273 g/mol.